The van der Waals surface area contributed by atoms with E-state index in [1.54, 1.807) is 0 Å². The molecule has 0 radical (unpaired) electrons. The zero-order valence-electron chi connectivity index (χ0n) is 36.0. The monoisotopic (exact) mass is 890 g/mol. The Labute approximate surface area is 353 Å². The molecule has 0 spiro atoms. The number of rotatable bonds is 38. The third-order valence-corrected chi connectivity index (χ3v) is 12.2. The molecule has 0 amide bonds. The summed E-state index contributed by atoms with van der Waals surface area (Å²) in [6.07, 6.45) is 15.0. The molecule has 7 N–H and O–H groups in total. The van der Waals surface area contributed by atoms with E-state index < -0.39 is 83.5 Å². The molecule has 16 nitrogen and oxygen atoms in total. The number of phosphoric ester groups is 2. The SMILES string of the molecule is CCCCCCCCCCCCCCCC(=O)OC[C@H](COP(=O)(O)O[C@H]1[C@@H](O)[C@@H](OP(=O)(O)O)[C@H](O)[C@H](O)[C@H]1O)OC(=O)CCCCCCCCCCCCCCC. The molecule has 0 heterocycles. The molecular formula is C41H80O16P2. The van der Waals surface area contributed by atoms with Crippen molar-refractivity contribution < 1.29 is 76.9 Å². The van der Waals surface area contributed by atoms with Crippen LogP contribution >= 0.6 is 15.6 Å². The average molecular weight is 891 g/mol. The largest absolute Gasteiger partial charge is 0.472 e. The van der Waals surface area contributed by atoms with Crippen LogP contribution in [0.5, 0.6) is 0 Å². The second-order valence-electron chi connectivity index (χ2n) is 16.1. The molecule has 0 aromatic heterocycles. The van der Waals surface area contributed by atoms with E-state index in [-0.39, 0.29) is 12.8 Å². The summed E-state index contributed by atoms with van der Waals surface area (Å²) in [7, 11) is -10.6. The van der Waals surface area contributed by atoms with Crippen LogP contribution in [-0.4, -0.2) is 103 Å². The van der Waals surface area contributed by atoms with E-state index in [1.165, 1.54) is 103 Å². The van der Waals surface area contributed by atoms with Crippen LogP contribution in [0.3, 0.4) is 0 Å². The first-order valence-corrected chi connectivity index (χ1v) is 25.6. The van der Waals surface area contributed by atoms with Gasteiger partial charge in [-0.3, -0.25) is 23.2 Å². The van der Waals surface area contributed by atoms with E-state index in [0.29, 0.717) is 12.8 Å². The highest BCUT2D eigenvalue weighted by Crippen LogP contribution is 2.49. The number of hydrogen-bond acceptors (Lipinski definition) is 13. The topological polar surface area (TPSA) is 256 Å². The molecule has 1 fully saturated rings. The number of hydrogen-bond donors (Lipinski definition) is 7. The minimum Gasteiger partial charge on any atom is -0.462 e. The zero-order chi connectivity index (χ0) is 43.9. The lowest BCUT2D eigenvalue weighted by Gasteiger charge is -2.43. The Kier molecular flexibility index (Phi) is 31.8. The summed E-state index contributed by atoms with van der Waals surface area (Å²) in [6.45, 7) is 3.11. The van der Waals surface area contributed by atoms with Gasteiger partial charge in [0.2, 0.25) is 0 Å². The molecular weight excluding hydrogens is 810 g/mol. The van der Waals surface area contributed by atoms with E-state index in [2.05, 4.69) is 18.4 Å². The third kappa shape index (κ3) is 28.3. The maximum atomic E-state index is 12.9. The van der Waals surface area contributed by atoms with Gasteiger partial charge in [0.05, 0.1) is 6.61 Å². The summed E-state index contributed by atoms with van der Waals surface area (Å²) in [6, 6.07) is 0. The molecule has 1 saturated carbocycles. The molecule has 59 heavy (non-hydrogen) atoms. The number of unbranched alkanes of at least 4 members (excludes halogenated alkanes) is 24. The van der Waals surface area contributed by atoms with Crippen molar-refractivity contribution in [3.63, 3.8) is 0 Å². The first-order chi connectivity index (χ1) is 28.1. The van der Waals surface area contributed by atoms with Gasteiger partial charge in [0, 0.05) is 12.8 Å². The van der Waals surface area contributed by atoms with Crippen LogP contribution in [0.15, 0.2) is 0 Å². The Bertz CT molecular complexity index is 1170. The van der Waals surface area contributed by atoms with Crippen LogP contribution in [0.2, 0.25) is 0 Å². The molecule has 1 rings (SSSR count). The van der Waals surface area contributed by atoms with Gasteiger partial charge in [-0.15, -0.1) is 0 Å². The van der Waals surface area contributed by atoms with Crippen molar-refractivity contribution in [1.29, 1.82) is 0 Å². The van der Waals surface area contributed by atoms with E-state index in [9.17, 15) is 44.0 Å². The van der Waals surface area contributed by atoms with Crippen LogP contribution in [0.4, 0.5) is 0 Å². The highest BCUT2D eigenvalue weighted by molar-refractivity contribution is 7.47. The van der Waals surface area contributed by atoms with Crippen LogP contribution in [-0.2, 0) is 41.8 Å². The Balaban J connectivity index is 2.61. The Hall–Kier alpha value is -1.00. The molecule has 0 bridgehead atoms. The van der Waals surface area contributed by atoms with Gasteiger partial charge in [0.15, 0.2) is 6.10 Å². The molecule has 0 aliphatic heterocycles. The number of aliphatic hydroxyl groups excluding tert-OH is 4. The molecule has 0 saturated heterocycles. The molecule has 0 aromatic carbocycles. The van der Waals surface area contributed by atoms with Crippen molar-refractivity contribution in [2.75, 3.05) is 13.2 Å². The average Bonchev–Trinajstić information content (AvgIpc) is 3.18. The first kappa shape index (κ1) is 56.0. The Morgan fingerprint density at radius 1 is 0.475 bits per heavy atom. The predicted molar refractivity (Wildman–Crippen MR) is 223 cm³/mol. The molecule has 1 aliphatic rings. The molecule has 1 aliphatic carbocycles. The van der Waals surface area contributed by atoms with Crippen LogP contribution in [0.1, 0.15) is 194 Å². The summed E-state index contributed by atoms with van der Waals surface area (Å²) in [5.74, 6) is -1.19. The molecule has 18 heteroatoms. The number of carbonyl (C=O) groups is 2. The lowest BCUT2D eigenvalue weighted by Crippen LogP contribution is -2.64. The second-order valence-corrected chi connectivity index (χ2v) is 18.7. The van der Waals surface area contributed by atoms with Gasteiger partial charge in [0.25, 0.3) is 0 Å². The fraction of sp³-hybridized carbons (Fsp3) is 0.951. The van der Waals surface area contributed by atoms with Crippen molar-refractivity contribution in [3.05, 3.63) is 0 Å². The van der Waals surface area contributed by atoms with E-state index >= 15 is 0 Å². The van der Waals surface area contributed by atoms with Crippen LogP contribution in [0.25, 0.3) is 0 Å². The Morgan fingerprint density at radius 2 is 0.831 bits per heavy atom. The van der Waals surface area contributed by atoms with E-state index in [1.807, 2.05) is 0 Å². The lowest BCUT2D eigenvalue weighted by molar-refractivity contribution is -0.216. The van der Waals surface area contributed by atoms with Gasteiger partial charge >= 0.3 is 27.6 Å². The fourth-order valence-corrected chi connectivity index (χ4v) is 8.68. The normalized spacial score (nSPS) is 22.5. The highest BCUT2D eigenvalue weighted by atomic mass is 31.2. The maximum Gasteiger partial charge on any atom is 0.472 e. The zero-order valence-corrected chi connectivity index (χ0v) is 37.7. The third-order valence-electron chi connectivity index (χ3n) is 10.7. The van der Waals surface area contributed by atoms with Crippen molar-refractivity contribution >= 4 is 27.6 Å². The number of esters is 2. The van der Waals surface area contributed by atoms with Crippen LogP contribution in [0, 0.1) is 0 Å². The summed E-state index contributed by atoms with van der Waals surface area (Å²) in [4.78, 5) is 54.1. The predicted octanol–water partition coefficient (Wildman–Crippen LogP) is 7.84. The van der Waals surface area contributed by atoms with E-state index in [0.717, 1.165) is 51.4 Å². The lowest BCUT2D eigenvalue weighted by atomic mass is 9.85. The molecule has 350 valence electrons. The quantitative estimate of drug-likeness (QED) is 0.0177. The fourth-order valence-electron chi connectivity index (χ4n) is 7.14. The number of aliphatic hydroxyl groups is 4. The number of ether oxygens (including phenoxy) is 2. The van der Waals surface area contributed by atoms with Gasteiger partial charge in [-0.05, 0) is 12.8 Å². The minimum atomic E-state index is -5.35. The van der Waals surface area contributed by atoms with Gasteiger partial charge in [0.1, 0.15) is 43.2 Å². The second kappa shape index (κ2) is 33.5. The molecule has 1 unspecified atom stereocenters. The maximum absolute atomic E-state index is 12.9. The minimum absolute atomic E-state index is 0.0517. The summed E-state index contributed by atoms with van der Waals surface area (Å²) in [5.41, 5.74) is 0. The van der Waals surface area contributed by atoms with Gasteiger partial charge in [-0.2, -0.15) is 0 Å². The number of carbonyl (C=O) groups excluding carboxylic acids is 2. The molecule has 0 aromatic rings. The van der Waals surface area contributed by atoms with Crippen LogP contribution < -0.4 is 0 Å². The first-order valence-electron chi connectivity index (χ1n) is 22.6. The van der Waals surface area contributed by atoms with Gasteiger partial charge in [-0.25, -0.2) is 9.13 Å². The van der Waals surface area contributed by atoms with Gasteiger partial charge < -0.3 is 44.6 Å². The van der Waals surface area contributed by atoms with Crippen molar-refractivity contribution in [3.8, 4) is 0 Å². The van der Waals surface area contributed by atoms with Crippen molar-refractivity contribution in [2.45, 2.75) is 236 Å². The smallest absolute Gasteiger partial charge is 0.462 e. The van der Waals surface area contributed by atoms with Gasteiger partial charge in [-0.1, -0.05) is 168 Å². The highest BCUT2D eigenvalue weighted by Gasteiger charge is 2.54. The number of phosphoric acid groups is 2. The summed E-state index contributed by atoms with van der Waals surface area (Å²) in [5, 5.41) is 41.1. The summed E-state index contributed by atoms with van der Waals surface area (Å²) < 4.78 is 49.3. The van der Waals surface area contributed by atoms with E-state index in [4.69, 9.17) is 28.3 Å². The standard InChI is InChI=1S/C41H80O16P2/c1-3-5-7-9-11-13-15-17-19-21-23-25-27-29-34(42)53-31-33(55-35(43)30-28-26-24-22-20-18-16-14-12-10-8-6-4-2)32-54-59(51,52)57-41-38(46)36(44)37(45)40(39(41)47)56-58(48,49)50/h33,36-41,44-47H,3-32H2,1-2H3,(H,51,52)(H2,48,49,50)/t33-,36+,37-,38-,39+,40+,41-/m1/s1. The van der Waals surface area contributed by atoms with Crippen molar-refractivity contribution in [1.82, 2.24) is 0 Å². The molecule has 8 atom stereocenters. The Morgan fingerprint density at radius 3 is 1.22 bits per heavy atom. The van der Waals surface area contributed by atoms with Crippen molar-refractivity contribution in [2.24, 2.45) is 0 Å². The summed E-state index contributed by atoms with van der Waals surface area (Å²) >= 11 is 0.